The van der Waals surface area contributed by atoms with Crippen LogP contribution in [0.4, 0.5) is 5.69 Å². The van der Waals surface area contributed by atoms with Gasteiger partial charge in [0.1, 0.15) is 0 Å². The summed E-state index contributed by atoms with van der Waals surface area (Å²) < 4.78 is 27.2. The SMILES string of the molecule is Cc1ccc(NS(=O)(=O)CCN2C(=O)c3ccccc3C2=O)c(C)c1. The molecule has 2 aromatic rings. The van der Waals surface area contributed by atoms with Crippen LogP contribution in [0.15, 0.2) is 42.5 Å². The molecule has 6 nitrogen and oxygen atoms in total. The number of hydrogen-bond acceptors (Lipinski definition) is 4. The number of amides is 2. The zero-order chi connectivity index (χ0) is 18.2. The van der Waals surface area contributed by atoms with E-state index in [1.165, 1.54) is 0 Å². The van der Waals surface area contributed by atoms with Gasteiger partial charge in [-0.2, -0.15) is 0 Å². The lowest BCUT2D eigenvalue weighted by Crippen LogP contribution is -2.35. The Bertz CT molecular complexity index is 932. The molecule has 1 aliphatic rings. The van der Waals surface area contributed by atoms with E-state index in [4.69, 9.17) is 0 Å². The van der Waals surface area contributed by atoms with Crippen molar-refractivity contribution in [2.24, 2.45) is 0 Å². The third-order valence-electron chi connectivity index (χ3n) is 4.11. The van der Waals surface area contributed by atoms with Gasteiger partial charge in [-0.15, -0.1) is 0 Å². The fraction of sp³-hybridized carbons (Fsp3) is 0.222. The molecule has 0 aromatic heterocycles. The van der Waals surface area contributed by atoms with Crippen LogP contribution >= 0.6 is 0 Å². The number of hydrogen-bond donors (Lipinski definition) is 1. The van der Waals surface area contributed by atoms with Gasteiger partial charge in [-0.25, -0.2) is 8.42 Å². The van der Waals surface area contributed by atoms with E-state index in [2.05, 4.69) is 4.72 Å². The smallest absolute Gasteiger partial charge is 0.261 e. The van der Waals surface area contributed by atoms with Crippen LogP contribution in [0, 0.1) is 13.8 Å². The second kappa shape index (κ2) is 6.33. The lowest BCUT2D eigenvalue weighted by atomic mass is 10.1. The third kappa shape index (κ3) is 3.41. The molecule has 2 aromatic carbocycles. The maximum absolute atomic E-state index is 12.3. The Kier molecular flexibility index (Phi) is 4.34. The molecule has 1 heterocycles. The van der Waals surface area contributed by atoms with E-state index in [1.54, 1.807) is 30.3 Å². The summed E-state index contributed by atoms with van der Waals surface area (Å²) in [5.74, 6) is -1.27. The lowest BCUT2D eigenvalue weighted by molar-refractivity contribution is 0.0664. The quantitative estimate of drug-likeness (QED) is 0.832. The first kappa shape index (κ1) is 17.2. The highest BCUT2D eigenvalue weighted by atomic mass is 32.2. The van der Waals surface area contributed by atoms with Crippen molar-refractivity contribution in [2.75, 3.05) is 17.0 Å². The van der Waals surface area contributed by atoms with E-state index in [-0.39, 0.29) is 12.3 Å². The van der Waals surface area contributed by atoms with Gasteiger partial charge < -0.3 is 0 Å². The van der Waals surface area contributed by atoms with Gasteiger partial charge >= 0.3 is 0 Å². The van der Waals surface area contributed by atoms with Crippen LogP contribution in [0.5, 0.6) is 0 Å². The summed E-state index contributed by atoms with van der Waals surface area (Å²) in [6.07, 6.45) is 0. The van der Waals surface area contributed by atoms with Crippen molar-refractivity contribution in [3.63, 3.8) is 0 Å². The maximum atomic E-state index is 12.3. The average molecular weight is 358 g/mol. The Labute approximate surface area is 146 Å². The van der Waals surface area contributed by atoms with Gasteiger partial charge in [-0.05, 0) is 37.6 Å². The summed E-state index contributed by atoms with van der Waals surface area (Å²) in [5.41, 5.74) is 2.96. The monoisotopic (exact) mass is 358 g/mol. The molecule has 0 fully saturated rings. The van der Waals surface area contributed by atoms with Crippen LogP contribution in [0.25, 0.3) is 0 Å². The van der Waals surface area contributed by atoms with E-state index in [0.29, 0.717) is 16.8 Å². The fourth-order valence-electron chi connectivity index (χ4n) is 2.80. The number of sulfonamides is 1. The molecular formula is C18H18N2O4S. The minimum Gasteiger partial charge on any atom is -0.283 e. The lowest BCUT2D eigenvalue weighted by Gasteiger charge is -2.15. The Morgan fingerprint density at radius 3 is 2.12 bits per heavy atom. The summed E-state index contributed by atoms with van der Waals surface area (Å²) in [6, 6.07) is 11.9. The van der Waals surface area contributed by atoms with E-state index < -0.39 is 21.8 Å². The summed E-state index contributed by atoms with van der Waals surface area (Å²) in [7, 11) is -3.69. The molecule has 3 rings (SSSR count). The van der Waals surface area contributed by atoms with Crippen molar-refractivity contribution in [3.05, 3.63) is 64.7 Å². The molecule has 0 spiro atoms. The molecule has 0 unspecified atom stereocenters. The number of nitrogens with one attached hydrogen (secondary N) is 1. The predicted molar refractivity (Wildman–Crippen MR) is 95.1 cm³/mol. The molecule has 0 bridgehead atoms. The fourth-order valence-corrected chi connectivity index (χ4v) is 3.89. The van der Waals surface area contributed by atoms with Gasteiger partial charge in [0.05, 0.1) is 22.6 Å². The highest BCUT2D eigenvalue weighted by Gasteiger charge is 2.35. The Balaban J connectivity index is 1.71. The molecule has 0 saturated heterocycles. The van der Waals surface area contributed by atoms with Crippen molar-refractivity contribution >= 4 is 27.5 Å². The number of benzene rings is 2. The van der Waals surface area contributed by atoms with Gasteiger partial charge in [0, 0.05) is 6.54 Å². The van der Waals surface area contributed by atoms with Crippen molar-refractivity contribution in [3.8, 4) is 0 Å². The molecule has 0 saturated carbocycles. The minimum absolute atomic E-state index is 0.188. The van der Waals surface area contributed by atoms with Crippen molar-refractivity contribution in [1.82, 2.24) is 4.90 Å². The number of imide groups is 1. The van der Waals surface area contributed by atoms with E-state index in [0.717, 1.165) is 16.0 Å². The second-order valence-electron chi connectivity index (χ2n) is 6.05. The zero-order valence-corrected chi connectivity index (χ0v) is 14.8. The number of aryl methyl sites for hydroxylation is 2. The topological polar surface area (TPSA) is 83.6 Å². The van der Waals surface area contributed by atoms with E-state index in [9.17, 15) is 18.0 Å². The highest BCUT2D eigenvalue weighted by molar-refractivity contribution is 7.92. The summed E-state index contributed by atoms with van der Waals surface area (Å²) in [6.45, 7) is 3.55. The summed E-state index contributed by atoms with van der Waals surface area (Å²) >= 11 is 0. The Morgan fingerprint density at radius 2 is 1.56 bits per heavy atom. The zero-order valence-electron chi connectivity index (χ0n) is 13.9. The Morgan fingerprint density at radius 1 is 0.960 bits per heavy atom. The van der Waals surface area contributed by atoms with Crippen molar-refractivity contribution in [1.29, 1.82) is 0 Å². The first-order chi connectivity index (χ1) is 11.8. The molecule has 2 amide bonds. The van der Waals surface area contributed by atoms with Crippen molar-refractivity contribution < 1.29 is 18.0 Å². The number of rotatable bonds is 5. The van der Waals surface area contributed by atoms with Gasteiger partial charge in [0.15, 0.2) is 0 Å². The standard InChI is InChI=1S/C18H18N2O4S/c1-12-7-8-16(13(2)11-12)19-25(23,24)10-9-20-17(21)14-5-3-4-6-15(14)18(20)22/h3-8,11,19H,9-10H2,1-2H3. The minimum atomic E-state index is -3.69. The van der Waals surface area contributed by atoms with E-state index >= 15 is 0 Å². The van der Waals surface area contributed by atoms with Crippen LogP contribution in [-0.2, 0) is 10.0 Å². The van der Waals surface area contributed by atoms with Crippen LogP contribution < -0.4 is 4.72 Å². The van der Waals surface area contributed by atoms with Crippen molar-refractivity contribution in [2.45, 2.75) is 13.8 Å². The average Bonchev–Trinajstić information content (AvgIpc) is 2.80. The molecular weight excluding hydrogens is 340 g/mol. The largest absolute Gasteiger partial charge is 0.283 e. The first-order valence-electron chi connectivity index (χ1n) is 7.81. The molecule has 25 heavy (non-hydrogen) atoms. The number of anilines is 1. The third-order valence-corrected chi connectivity index (χ3v) is 5.36. The summed E-state index contributed by atoms with van der Waals surface area (Å²) in [4.78, 5) is 25.5. The van der Waals surface area contributed by atoms with E-state index in [1.807, 2.05) is 26.0 Å². The number of nitrogens with zero attached hydrogens (tertiary/aromatic N) is 1. The molecule has 0 radical (unpaired) electrons. The van der Waals surface area contributed by atoms with Crippen LogP contribution in [0.3, 0.4) is 0 Å². The summed E-state index contributed by atoms with van der Waals surface area (Å²) in [5, 5.41) is 0. The molecule has 1 N–H and O–H groups in total. The van der Waals surface area contributed by atoms with Crippen LogP contribution in [0.1, 0.15) is 31.8 Å². The predicted octanol–water partition coefficient (Wildman–Crippen LogP) is 2.34. The first-order valence-corrected chi connectivity index (χ1v) is 9.47. The number of fused-ring (bicyclic) bond motifs is 1. The molecule has 130 valence electrons. The number of carbonyl (C=O) groups excluding carboxylic acids is 2. The Hall–Kier alpha value is -2.67. The second-order valence-corrected chi connectivity index (χ2v) is 7.89. The van der Waals surface area contributed by atoms with Gasteiger partial charge in [0.25, 0.3) is 11.8 Å². The maximum Gasteiger partial charge on any atom is 0.261 e. The van der Waals surface area contributed by atoms with Gasteiger partial charge in [-0.3, -0.25) is 19.2 Å². The molecule has 0 aliphatic carbocycles. The normalized spacial score (nSPS) is 13.9. The van der Waals surface area contributed by atoms with Gasteiger partial charge in [-0.1, -0.05) is 29.8 Å². The van der Waals surface area contributed by atoms with Gasteiger partial charge in [0.2, 0.25) is 10.0 Å². The van der Waals surface area contributed by atoms with Crippen LogP contribution in [0.2, 0.25) is 0 Å². The highest BCUT2D eigenvalue weighted by Crippen LogP contribution is 2.22. The molecule has 7 heteroatoms. The van der Waals surface area contributed by atoms with Crippen LogP contribution in [-0.4, -0.2) is 37.4 Å². The number of carbonyl (C=O) groups is 2. The molecule has 0 atom stereocenters. The molecule has 1 aliphatic heterocycles.